The zero-order chi connectivity index (χ0) is 15.6. The Morgan fingerprint density at radius 1 is 1.38 bits per heavy atom. The van der Waals surface area contributed by atoms with Gasteiger partial charge in [0.1, 0.15) is 18.1 Å². The number of carbonyl (C=O) groups is 1. The standard InChI is InChI=1S/C16H17ClO4/c1-9(2)12-7-13(17)10(3)6-15(12)20-8-11-4-5-14(21-11)16(18)19/h4-7,9H,8H2,1-3H3,(H,18,19). The second-order valence-corrected chi connectivity index (χ2v) is 5.56. The number of aromatic carboxylic acids is 1. The minimum atomic E-state index is -1.09. The molecule has 0 spiro atoms. The highest BCUT2D eigenvalue weighted by Gasteiger charge is 2.13. The van der Waals surface area contributed by atoms with Crippen molar-refractivity contribution in [3.05, 3.63) is 51.9 Å². The lowest BCUT2D eigenvalue weighted by Gasteiger charge is -2.15. The molecule has 0 radical (unpaired) electrons. The van der Waals surface area contributed by atoms with E-state index in [4.69, 9.17) is 25.9 Å². The molecular weight excluding hydrogens is 292 g/mol. The van der Waals surface area contributed by atoms with Crippen molar-refractivity contribution in [1.29, 1.82) is 0 Å². The molecule has 5 heteroatoms. The normalized spacial score (nSPS) is 10.9. The van der Waals surface area contributed by atoms with Crippen molar-refractivity contribution in [2.75, 3.05) is 0 Å². The predicted molar refractivity (Wildman–Crippen MR) is 80.3 cm³/mol. The van der Waals surface area contributed by atoms with Gasteiger partial charge in [0, 0.05) is 5.02 Å². The highest BCUT2D eigenvalue weighted by Crippen LogP contribution is 2.32. The third kappa shape index (κ3) is 3.58. The molecule has 0 saturated heterocycles. The van der Waals surface area contributed by atoms with Gasteiger partial charge in [-0.05, 0) is 48.2 Å². The molecule has 0 bridgehead atoms. The van der Waals surface area contributed by atoms with Crippen LogP contribution >= 0.6 is 11.6 Å². The van der Waals surface area contributed by atoms with Crippen LogP contribution in [0.25, 0.3) is 0 Å². The van der Waals surface area contributed by atoms with Gasteiger partial charge in [0.05, 0.1) is 0 Å². The van der Waals surface area contributed by atoms with Crippen molar-refractivity contribution in [3.8, 4) is 5.75 Å². The van der Waals surface area contributed by atoms with Crippen LogP contribution < -0.4 is 4.74 Å². The molecule has 0 unspecified atom stereocenters. The molecule has 1 heterocycles. The van der Waals surface area contributed by atoms with Gasteiger partial charge < -0.3 is 14.3 Å². The Hall–Kier alpha value is -1.94. The maximum absolute atomic E-state index is 10.8. The number of halogens is 1. The van der Waals surface area contributed by atoms with Gasteiger partial charge in [0.2, 0.25) is 5.76 Å². The molecule has 21 heavy (non-hydrogen) atoms. The average Bonchev–Trinajstić information content (AvgIpc) is 2.88. The lowest BCUT2D eigenvalue weighted by molar-refractivity contribution is 0.0658. The number of hydrogen-bond acceptors (Lipinski definition) is 3. The highest BCUT2D eigenvalue weighted by molar-refractivity contribution is 6.31. The molecule has 0 saturated carbocycles. The molecule has 4 nitrogen and oxygen atoms in total. The van der Waals surface area contributed by atoms with Gasteiger partial charge in [0.25, 0.3) is 0 Å². The zero-order valence-electron chi connectivity index (χ0n) is 12.1. The predicted octanol–water partition coefficient (Wildman–Crippen LogP) is 4.64. The third-order valence-corrected chi connectivity index (χ3v) is 3.56. The first kappa shape index (κ1) is 15.4. The van der Waals surface area contributed by atoms with Crippen LogP contribution in [0.15, 0.2) is 28.7 Å². The number of aryl methyl sites for hydroxylation is 1. The van der Waals surface area contributed by atoms with Crippen LogP contribution in [0.2, 0.25) is 5.02 Å². The van der Waals surface area contributed by atoms with Gasteiger partial charge >= 0.3 is 5.97 Å². The van der Waals surface area contributed by atoms with Gasteiger partial charge in [-0.25, -0.2) is 4.79 Å². The summed E-state index contributed by atoms with van der Waals surface area (Å²) >= 11 is 6.15. The molecular formula is C16H17ClO4. The van der Waals surface area contributed by atoms with E-state index in [9.17, 15) is 4.79 Å². The van der Waals surface area contributed by atoms with Crippen molar-refractivity contribution in [2.45, 2.75) is 33.3 Å². The van der Waals surface area contributed by atoms with Gasteiger partial charge in [-0.15, -0.1) is 0 Å². The number of rotatable bonds is 5. The Bertz CT molecular complexity index is 658. The summed E-state index contributed by atoms with van der Waals surface area (Å²) in [6, 6.07) is 6.80. The fourth-order valence-electron chi connectivity index (χ4n) is 1.97. The van der Waals surface area contributed by atoms with E-state index in [1.54, 1.807) is 6.07 Å². The smallest absolute Gasteiger partial charge is 0.371 e. The summed E-state index contributed by atoms with van der Waals surface area (Å²) in [4.78, 5) is 10.8. The summed E-state index contributed by atoms with van der Waals surface area (Å²) in [6.45, 7) is 6.20. The van der Waals surface area contributed by atoms with Crippen molar-refractivity contribution in [2.24, 2.45) is 0 Å². The lowest BCUT2D eigenvalue weighted by Crippen LogP contribution is -2.00. The first-order valence-electron chi connectivity index (χ1n) is 6.63. The highest BCUT2D eigenvalue weighted by atomic mass is 35.5. The second-order valence-electron chi connectivity index (χ2n) is 5.15. The van der Waals surface area contributed by atoms with E-state index < -0.39 is 5.97 Å². The molecule has 1 aromatic heterocycles. The first-order chi connectivity index (χ1) is 9.88. The molecule has 0 aliphatic heterocycles. The average molecular weight is 309 g/mol. The van der Waals surface area contributed by atoms with E-state index in [1.807, 2.05) is 19.1 Å². The van der Waals surface area contributed by atoms with Crippen LogP contribution in [-0.4, -0.2) is 11.1 Å². The number of benzene rings is 1. The number of hydrogen-bond donors (Lipinski definition) is 1. The molecule has 1 aromatic carbocycles. The van der Waals surface area contributed by atoms with E-state index in [1.165, 1.54) is 6.07 Å². The Balaban J connectivity index is 2.18. The molecule has 0 amide bonds. The van der Waals surface area contributed by atoms with Crippen LogP contribution in [0.4, 0.5) is 0 Å². The molecule has 0 fully saturated rings. The minimum Gasteiger partial charge on any atom is -0.485 e. The second kappa shape index (κ2) is 6.22. The first-order valence-corrected chi connectivity index (χ1v) is 7.01. The van der Waals surface area contributed by atoms with Crippen LogP contribution in [0, 0.1) is 6.92 Å². The fourth-order valence-corrected chi connectivity index (χ4v) is 2.14. The molecule has 2 aromatic rings. The number of ether oxygens (including phenoxy) is 1. The quantitative estimate of drug-likeness (QED) is 0.874. The Kier molecular flexibility index (Phi) is 4.58. The number of carboxylic acids is 1. The Labute approximate surface area is 128 Å². The van der Waals surface area contributed by atoms with Crippen molar-refractivity contribution in [1.82, 2.24) is 0 Å². The van der Waals surface area contributed by atoms with E-state index >= 15 is 0 Å². The van der Waals surface area contributed by atoms with Gasteiger partial charge in [-0.2, -0.15) is 0 Å². The maximum atomic E-state index is 10.8. The van der Waals surface area contributed by atoms with Gasteiger partial charge in [-0.1, -0.05) is 25.4 Å². The van der Waals surface area contributed by atoms with E-state index in [2.05, 4.69) is 13.8 Å². The maximum Gasteiger partial charge on any atom is 0.371 e. The van der Waals surface area contributed by atoms with Crippen LogP contribution in [0.1, 0.15) is 47.2 Å². The Morgan fingerprint density at radius 3 is 2.67 bits per heavy atom. The SMILES string of the molecule is Cc1cc(OCc2ccc(C(=O)O)o2)c(C(C)C)cc1Cl. The largest absolute Gasteiger partial charge is 0.485 e. The molecule has 0 atom stereocenters. The summed E-state index contributed by atoms with van der Waals surface area (Å²) in [5.74, 6) is 0.288. The number of furan rings is 1. The summed E-state index contributed by atoms with van der Waals surface area (Å²) in [7, 11) is 0. The molecule has 1 N–H and O–H groups in total. The summed E-state index contributed by atoms with van der Waals surface area (Å²) < 4.78 is 10.9. The van der Waals surface area contributed by atoms with Crippen LogP contribution in [0.5, 0.6) is 5.75 Å². The lowest BCUT2D eigenvalue weighted by atomic mass is 10.0. The summed E-state index contributed by atoms with van der Waals surface area (Å²) in [5.41, 5.74) is 1.94. The van der Waals surface area contributed by atoms with Crippen molar-refractivity contribution in [3.63, 3.8) is 0 Å². The minimum absolute atomic E-state index is 0.0926. The topological polar surface area (TPSA) is 59.7 Å². The van der Waals surface area contributed by atoms with E-state index in [0.717, 1.165) is 16.9 Å². The zero-order valence-corrected chi connectivity index (χ0v) is 12.9. The van der Waals surface area contributed by atoms with Crippen molar-refractivity contribution >= 4 is 17.6 Å². The molecule has 0 aliphatic carbocycles. The third-order valence-electron chi connectivity index (χ3n) is 3.16. The van der Waals surface area contributed by atoms with E-state index in [-0.39, 0.29) is 18.3 Å². The fraction of sp³-hybridized carbons (Fsp3) is 0.312. The number of carboxylic acid groups (broad SMARTS) is 1. The molecule has 2 rings (SSSR count). The summed E-state index contributed by atoms with van der Waals surface area (Å²) in [5, 5.41) is 9.52. The van der Waals surface area contributed by atoms with E-state index in [0.29, 0.717) is 10.8 Å². The van der Waals surface area contributed by atoms with Crippen LogP contribution in [0.3, 0.4) is 0 Å². The van der Waals surface area contributed by atoms with Crippen molar-refractivity contribution < 1.29 is 19.1 Å². The van der Waals surface area contributed by atoms with Crippen LogP contribution in [-0.2, 0) is 6.61 Å². The molecule has 112 valence electrons. The van der Waals surface area contributed by atoms with Gasteiger partial charge in [-0.3, -0.25) is 0 Å². The van der Waals surface area contributed by atoms with Gasteiger partial charge in [0.15, 0.2) is 0 Å². The summed E-state index contributed by atoms with van der Waals surface area (Å²) in [6.07, 6.45) is 0. The Morgan fingerprint density at radius 2 is 2.10 bits per heavy atom. The molecule has 0 aliphatic rings. The monoisotopic (exact) mass is 308 g/mol.